The van der Waals surface area contributed by atoms with Gasteiger partial charge in [0.2, 0.25) is 5.91 Å². The highest BCUT2D eigenvalue weighted by Crippen LogP contribution is 2.24. The predicted molar refractivity (Wildman–Crippen MR) is 97.0 cm³/mol. The van der Waals surface area contributed by atoms with Crippen LogP contribution in [0, 0.1) is 5.92 Å². The Morgan fingerprint density at radius 3 is 2.62 bits per heavy atom. The lowest BCUT2D eigenvalue weighted by atomic mass is 9.86. The monoisotopic (exact) mass is 330 g/mol. The Kier molecular flexibility index (Phi) is 5.72. The zero-order valence-electron chi connectivity index (χ0n) is 14.9. The fourth-order valence-corrected chi connectivity index (χ4v) is 3.88. The maximum Gasteiger partial charge on any atom is 0.237 e. The summed E-state index contributed by atoms with van der Waals surface area (Å²) < 4.78 is 0. The maximum absolute atomic E-state index is 12.6. The minimum atomic E-state index is -0.0509. The largest absolute Gasteiger partial charge is 0.354 e. The fraction of sp³-hybridized carbons (Fsp3) is 0.684. The molecule has 0 unspecified atom stereocenters. The molecule has 2 fully saturated rings. The summed E-state index contributed by atoms with van der Waals surface area (Å²) in [5.74, 6) is 1.83. The molecule has 2 heterocycles. The fourth-order valence-electron chi connectivity index (χ4n) is 3.88. The molecule has 0 radical (unpaired) electrons. The van der Waals surface area contributed by atoms with Crippen LogP contribution < -0.4 is 10.2 Å². The molecule has 1 aromatic rings. The molecule has 2 aliphatic rings. The minimum absolute atomic E-state index is 0.0509. The van der Waals surface area contributed by atoms with E-state index in [1.165, 1.54) is 19.3 Å². The SMILES string of the molecule is C[C@H](C(=O)N[C@@H]1CCCC[C@@H]1C)N1CCN(c2ccccn2)CC1. The standard InChI is InChI=1S/C19H30N4O/c1-15-7-3-4-8-17(15)21-19(24)16(2)22-11-13-23(14-12-22)18-9-5-6-10-20-18/h5-6,9-10,15-17H,3-4,7-8,11-14H2,1-2H3,(H,21,24)/t15-,16+,17+/m0/s1. The van der Waals surface area contributed by atoms with Gasteiger partial charge in [-0.15, -0.1) is 0 Å². The molecule has 5 heteroatoms. The number of rotatable bonds is 4. The number of nitrogens with zero attached hydrogens (tertiary/aromatic N) is 3. The first-order valence-corrected chi connectivity index (χ1v) is 9.35. The van der Waals surface area contributed by atoms with Crippen molar-refractivity contribution in [1.29, 1.82) is 0 Å². The second kappa shape index (κ2) is 7.97. The highest BCUT2D eigenvalue weighted by molar-refractivity contribution is 5.81. The van der Waals surface area contributed by atoms with E-state index >= 15 is 0 Å². The topological polar surface area (TPSA) is 48.5 Å². The van der Waals surface area contributed by atoms with E-state index in [9.17, 15) is 4.79 Å². The molecule has 132 valence electrons. The number of amides is 1. The second-order valence-electron chi connectivity index (χ2n) is 7.26. The van der Waals surface area contributed by atoms with Crippen molar-refractivity contribution in [2.24, 2.45) is 5.92 Å². The zero-order valence-corrected chi connectivity index (χ0v) is 14.9. The third kappa shape index (κ3) is 4.07. The average molecular weight is 330 g/mol. The Morgan fingerprint density at radius 1 is 1.21 bits per heavy atom. The summed E-state index contributed by atoms with van der Waals surface area (Å²) in [7, 11) is 0. The predicted octanol–water partition coefficient (Wildman–Crippen LogP) is 2.29. The number of nitrogens with one attached hydrogen (secondary N) is 1. The van der Waals surface area contributed by atoms with Crippen LogP contribution in [0.1, 0.15) is 39.5 Å². The van der Waals surface area contributed by atoms with Crippen LogP contribution in [0.25, 0.3) is 0 Å². The Balaban J connectivity index is 1.49. The number of hydrogen-bond acceptors (Lipinski definition) is 4. The van der Waals surface area contributed by atoms with E-state index in [-0.39, 0.29) is 11.9 Å². The molecule has 1 N–H and O–H groups in total. The van der Waals surface area contributed by atoms with Crippen LogP contribution in [0.4, 0.5) is 5.82 Å². The highest BCUT2D eigenvalue weighted by Gasteiger charge is 2.29. The molecule has 24 heavy (non-hydrogen) atoms. The molecular weight excluding hydrogens is 300 g/mol. The lowest BCUT2D eigenvalue weighted by Gasteiger charge is -2.39. The van der Waals surface area contributed by atoms with Gasteiger partial charge in [0.05, 0.1) is 6.04 Å². The Hall–Kier alpha value is -1.62. The lowest BCUT2D eigenvalue weighted by molar-refractivity contribution is -0.127. The van der Waals surface area contributed by atoms with Gasteiger partial charge in [-0.05, 0) is 37.8 Å². The van der Waals surface area contributed by atoms with Gasteiger partial charge in [-0.2, -0.15) is 0 Å². The number of anilines is 1. The Labute approximate surface area is 145 Å². The Bertz CT molecular complexity index is 527. The van der Waals surface area contributed by atoms with Crippen LogP contribution in [0.3, 0.4) is 0 Å². The van der Waals surface area contributed by atoms with Gasteiger partial charge >= 0.3 is 0 Å². The van der Waals surface area contributed by atoms with E-state index < -0.39 is 0 Å². The first-order valence-electron chi connectivity index (χ1n) is 9.35. The molecule has 1 saturated carbocycles. The van der Waals surface area contributed by atoms with Gasteiger partial charge in [-0.1, -0.05) is 25.8 Å². The molecule has 0 bridgehead atoms. The smallest absolute Gasteiger partial charge is 0.237 e. The van der Waals surface area contributed by atoms with Crippen LogP contribution in [0.15, 0.2) is 24.4 Å². The Morgan fingerprint density at radius 2 is 1.96 bits per heavy atom. The molecule has 1 aliphatic heterocycles. The van der Waals surface area contributed by atoms with Gasteiger partial charge in [0, 0.05) is 38.4 Å². The van der Waals surface area contributed by atoms with Crippen molar-refractivity contribution in [3.05, 3.63) is 24.4 Å². The number of aromatic nitrogens is 1. The molecular formula is C19H30N4O. The summed E-state index contributed by atoms with van der Waals surface area (Å²) in [6.07, 6.45) is 6.75. The van der Waals surface area contributed by atoms with E-state index in [4.69, 9.17) is 0 Å². The molecule has 0 aromatic carbocycles. The van der Waals surface area contributed by atoms with E-state index in [2.05, 4.69) is 33.1 Å². The normalized spacial score (nSPS) is 26.8. The van der Waals surface area contributed by atoms with Gasteiger partial charge in [-0.3, -0.25) is 9.69 Å². The maximum atomic E-state index is 12.6. The molecule has 1 amide bonds. The van der Waals surface area contributed by atoms with Gasteiger partial charge in [-0.25, -0.2) is 4.98 Å². The highest BCUT2D eigenvalue weighted by atomic mass is 16.2. The van der Waals surface area contributed by atoms with Crippen molar-refractivity contribution in [2.45, 2.75) is 51.6 Å². The number of carbonyl (C=O) groups excluding carboxylic acids is 1. The van der Waals surface area contributed by atoms with Crippen LogP contribution in [-0.2, 0) is 4.79 Å². The number of carbonyl (C=O) groups is 1. The number of hydrogen-bond donors (Lipinski definition) is 1. The van der Waals surface area contributed by atoms with Crippen molar-refractivity contribution >= 4 is 11.7 Å². The number of piperazine rings is 1. The molecule has 0 spiro atoms. The van der Waals surface area contributed by atoms with Gasteiger partial charge < -0.3 is 10.2 Å². The van der Waals surface area contributed by atoms with Crippen molar-refractivity contribution in [3.63, 3.8) is 0 Å². The molecule has 5 nitrogen and oxygen atoms in total. The van der Waals surface area contributed by atoms with E-state index in [1.54, 1.807) is 0 Å². The summed E-state index contributed by atoms with van der Waals surface area (Å²) in [5.41, 5.74) is 0. The summed E-state index contributed by atoms with van der Waals surface area (Å²) >= 11 is 0. The van der Waals surface area contributed by atoms with Crippen LogP contribution in [-0.4, -0.2) is 54.1 Å². The zero-order chi connectivity index (χ0) is 16.9. The first kappa shape index (κ1) is 17.2. The van der Waals surface area contributed by atoms with Gasteiger partial charge in [0.25, 0.3) is 0 Å². The van der Waals surface area contributed by atoms with Gasteiger partial charge in [0.1, 0.15) is 5.82 Å². The van der Waals surface area contributed by atoms with Crippen LogP contribution >= 0.6 is 0 Å². The minimum Gasteiger partial charge on any atom is -0.354 e. The van der Waals surface area contributed by atoms with Crippen molar-refractivity contribution in [1.82, 2.24) is 15.2 Å². The van der Waals surface area contributed by atoms with Crippen LogP contribution in [0.2, 0.25) is 0 Å². The van der Waals surface area contributed by atoms with E-state index in [1.807, 2.05) is 25.3 Å². The summed E-state index contributed by atoms with van der Waals surface area (Å²) in [6, 6.07) is 6.33. The van der Waals surface area contributed by atoms with Crippen molar-refractivity contribution < 1.29 is 4.79 Å². The van der Waals surface area contributed by atoms with Crippen molar-refractivity contribution in [2.75, 3.05) is 31.1 Å². The third-order valence-electron chi connectivity index (χ3n) is 5.65. The third-order valence-corrected chi connectivity index (χ3v) is 5.65. The van der Waals surface area contributed by atoms with Crippen LogP contribution in [0.5, 0.6) is 0 Å². The van der Waals surface area contributed by atoms with Gasteiger partial charge in [0.15, 0.2) is 0 Å². The molecule has 1 saturated heterocycles. The number of pyridine rings is 1. The van der Waals surface area contributed by atoms with E-state index in [0.717, 1.165) is 38.4 Å². The quantitative estimate of drug-likeness (QED) is 0.920. The van der Waals surface area contributed by atoms with E-state index in [0.29, 0.717) is 12.0 Å². The molecule has 1 aliphatic carbocycles. The van der Waals surface area contributed by atoms with Crippen molar-refractivity contribution in [3.8, 4) is 0 Å². The summed E-state index contributed by atoms with van der Waals surface area (Å²) in [6.45, 7) is 7.97. The molecule has 3 atom stereocenters. The second-order valence-corrected chi connectivity index (χ2v) is 7.26. The molecule has 1 aromatic heterocycles. The molecule has 3 rings (SSSR count). The summed E-state index contributed by atoms with van der Waals surface area (Å²) in [5, 5.41) is 3.30. The summed E-state index contributed by atoms with van der Waals surface area (Å²) in [4.78, 5) is 21.6. The average Bonchev–Trinajstić information content (AvgIpc) is 2.64. The lowest BCUT2D eigenvalue weighted by Crippen LogP contribution is -2.56. The first-order chi connectivity index (χ1) is 11.6.